The van der Waals surface area contributed by atoms with Gasteiger partial charge in [-0.1, -0.05) is 0 Å². The second-order valence-electron chi connectivity index (χ2n) is 3.48. The molecule has 0 aliphatic rings. The normalized spacial score (nSPS) is 11.8. The van der Waals surface area contributed by atoms with E-state index < -0.39 is 10.0 Å². The minimum atomic E-state index is -3.40. The van der Waals surface area contributed by atoms with Gasteiger partial charge < -0.3 is 5.73 Å². The molecule has 0 unspecified atom stereocenters. The van der Waals surface area contributed by atoms with Crippen LogP contribution < -0.4 is 10.5 Å². The fraction of sp³-hybridized carbons (Fsp3) is 0.200. The van der Waals surface area contributed by atoms with Crippen LogP contribution in [0.4, 0.5) is 5.69 Å². The zero-order valence-electron chi connectivity index (χ0n) is 8.92. The molecule has 0 atom stereocenters. The molecule has 0 aliphatic carbocycles. The zero-order valence-corrected chi connectivity index (χ0v) is 11.4. The quantitative estimate of drug-likeness (QED) is 0.883. The van der Waals surface area contributed by atoms with Crippen LogP contribution >= 0.6 is 22.7 Å². The van der Waals surface area contributed by atoms with Crippen LogP contribution in [0.5, 0.6) is 0 Å². The van der Waals surface area contributed by atoms with Gasteiger partial charge in [0.25, 0.3) is 0 Å². The average Bonchev–Trinajstić information content (AvgIpc) is 2.89. The fourth-order valence-electron chi connectivity index (χ4n) is 1.31. The van der Waals surface area contributed by atoms with Crippen LogP contribution in [0.3, 0.4) is 0 Å². The zero-order chi connectivity index (χ0) is 12.3. The number of hydrogen-bond donors (Lipinski definition) is 2. The van der Waals surface area contributed by atoms with E-state index in [1.807, 2.05) is 16.8 Å². The Hall–Kier alpha value is -0.890. The molecule has 0 radical (unpaired) electrons. The van der Waals surface area contributed by atoms with Crippen molar-refractivity contribution >= 4 is 38.4 Å². The molecule has 0 aromatic carbocycles. The van der Waals surface area contributed by atoms with E-state index in [0.717, 1.165) is 16.9 Å². The molecule has 0 saturated heterocycles. The SMILES string of the molecule is Nc1csc(S(=O)(=O)NCCc2ccsc2)c1. The topological polar surface area (TPSA) is 72.2 Å². The smallest absolute Gasteiger partial charge is 0.250 e. The lowest BCUT2D eigenvalue weighted by atomic mass is 10.2. The number of thiophene rings is 2. The third-order valence-corrected chi connectivity index (χ3v) is 5.80. The molecule has 92 valence electrons. The summed E-state index contributed by atoms with van der Waals surface area (Å²) in [6.45, 7) is 0.400. The van der Waals surface area contributed by atoms with Gasteiger partial charge in [-0.3, -0.25) is 0 Å². The third-order valence-electron chi connectivity index (χ3n) is 2.15. The number of nitrogens with two attached hydrogens (primary N) is 1. The van der Waals surface area contributed by atoms with Crippen LogP contribution in [0, 0.1) is 0 Å². The molecule has 0 fully saturated rings. The monoisotopic (exact) mass is 288 g/mol. The number of hydrogen-bond acceptors (Lipinski definition) is 5. The summed E-state index contributed by atoms with van der Waals surface area (Å²) in [6.07, 6.45) is 0.698. The third kappa shape index (κ3) is 3.29. The van der Waals surface area contributed by atoms with Crippen molar-refractivity contribution in [2.24, 2.45) is 0 Å². The number of nitrogen functional groups attached to an aromatic ring is 1. The molecule has 4 nitrogen and oxygen atoms in total. The summed E-state index contributed by atoms with van der Waals surface area (Å²) in [5.41, 5.74) is 7.12. The highest BCUT2D eigenvalue weighted by molar-refractivity contribution is 7.91. The van der Waals surface area contributed by atoms with Crippen molar-refractivity contribution in [3.8, 4) is 0 Å². The van der Waals surface area contributed by atoms with Crippen molar-refractivity contribution in [1.82, 2.24) is 4.72 Å². The second-order valence-corrected chi connectivity index (χ2v) is 7.16. The largest absolute Gasteiger partial charge is 0.398 e. The van der Waals surface area contributed by atoms with Crippen LogP contribution in [0.15, 0.2) is 32.5 Å². The van der Waals surface area contributed by atoms with Crippen LogP contribution in [0.25, 0.3) is 0 Å². The molecule has 2 aromatic rings. The highest BCUT2D eigenvalue weighted by atomic mass is 32.2. The van der Waals surface area contributed by atoms with Crippen LogP contribution in [0.1, 0.15) is 5.56 Å². The maximum atomic E-state index is 11.8. The Kier molecular flexibility index (Phi) is 3.82. The molecule has 3 N–H and O–H groups in total. The van der Waals surface area contributed by atoms with Gasteiger partial charge in [-0.15, -0.1) is 11.3 Å². The Morgan fingerprint density at radius 1 is 1.35 bits per heavy atom. The van der Waals surface area contributed by atoms with Gasteiger partial charge in [0.05, 0.1) is 0 Å². The van der Waals surface area contributed by atoms with Crippen molar-refractivity contribution in [3.63, 3.8) is 0 Å². The summed E-state index contributed by atoms with van der Waals surface area (Å²) in [6, 6.07) is 3.46. The van der Waals surface area contributed by atoms with Gasteiger partial charge in [0.2, 0.25) is 10.0 Å². The lowest BCUT2D eigenvalue weighted by Crippen LogP contribution is -2.25. The maximum Gasteiger partial charge on any atom is 0.250 e. The molecule has 0 spiro atoms. The van der Waals surface area contributed by atoms with E-state index in [-0.39, 0.29) is 4.21 Å². The lowest BCUT2D eigenvalue weighted by Gasteiger charge is -2.03. The van der Waals surface area contributed by atoms with Crippen molar-refractivity contribution in [2.45, 2.75) is 10.6 Å². The van der Waals surface area contributed by atoms with Crippen LogP contribution in [-0.2, 0) is 16.4 Å². The van der Waals surface area contributed by atoms with Crippen molar-refractivity contribution in [1.29, 1.82) is 0 Å². The number of nitrogens with one attached hydrogen (secondary N) is 1. The van der Waals surface area contributed by atoms with Crippen LogP contribution in [0.2, 0.25) is 0 Å². The molecule has 2 rings (SSSR count). The van der Waals surface area contributed by atoms with E-state index in [9.17, 15) is 8.42 Å². The summed E-state index contributed by atoms with van der Waals surface area (Å²) >= 11 is 2.74. The van der Waals surface area contributed by atoms with E-state index in [1.165, 1.54) is 6.07 Å². The summed E-state index contributed by atoms with van der Waals surface area (Å²) in [5.74, 6) is 0. The number of rotatable bonds is 5. The Labute approximate surface area is 108 Å². The lowest BCUT2D eigenvalue weighted by molar-refractivity contribution is 0.584. The Morgan fingerprint density at radius 2 is 2.18 bits per heavy atom. The average molecular weight is 288 g/mol. The van der Waals surface area contributed by atoms with E-state index in [0.29, 0.717) is 18.7 Å². The van der Waals surface area contributed by atoms with E-state index in [2.05, 4.69) is 4.72 Å². The first-order valence-corrected chi connectivity index (χ1v) is 8.23. The predicted molar refractivity (Wildman–Crippen MR) is 71.9 cm³/mol. The summed E-state index contributed by atoms with van der Waals surface area (Å²) in [4.78, 5) is 0. The van der Waals surface area contributed by atoms with Gasteiger partial charge in [-0.25, -0.2) is 13.1 Å². The van der Waals surface area contributed by atoms with Crippen molar-refractivity contribution in [3.05, 3.63) is 33.8 Å². The highest BCUT2D eigenvalue weighted by Gasteiger charge is 2.15. The molecule has 7 heteroatoms. The molecular weight excluding hydrogens is 276 g/mol. The van der Waals surface area contributed by atoms with Crippen LogP contribution in [-0.4, -0.2) is 15.0 Å². The summed E-state index contributed by atoms with van der Waals surface area (Å²) in [7, 11) is -3.40. The number of sulfonamides is 1. The molecule has 2 heterocycles. The Balaban J connectivity index is 1.94. The maximum absolute atomic E-state index is 11.8. The number of anilines is 1. The fourth-order valence-corrected chi connectivity index (χ4v) is 4.17. The van der Waals surface area contributed by atoms with E-state index >= 15 is 0 Å². The summed E-state index contributed by atoms with van der Waals surface area (Å²) < 4.78 is 26.5. The van der Waals surface area contributed by atoms with Crippen molar-refractivity contribution in [2.75, 3.05) is 12.3 Å². The standard InChI is InChI=1S/C10H12N2O2S3/c11-9-5-10(16-7-9)17(13,14)12-3-1-8-2-4-15-6-8/h2,4-7,12H,1,3,11H2. The van der Waals surface area contributed by atoms with E-state index in [1.54, 1.807) is 16.7 Å². The van der Waals surface area contributed by atoms with Crippen molar-refractivity contribution < 1.29 is 8.42 Å². The van der Waals surface area contributed by atoms with Gasteiger partial charge in [0, 0.05) is 17.6 Å². The minimum absolute atomic E-state index is 0.264. The highest BCUT2D eigenvalue weighted by Crippen LogP contribution is 2.21. The van der Waals surface area contributed by atoms with Gasteiger partial charge in [-0.2, -0.15) is 11.3 Å². The Bertz CT molecular complexity index is 572. The molecule has 0 saturated carbocycles. The van der Waals surface area contributed by atoms with Gasteiger partial charge >= 0.3 is 0 Å². The van der Waals surface area contributed by atoms with E-state index in [4.69, 9.17) is 5.73 Å². The van der Waals surface area contributed by atoms with Gasteiger partial charge in [0.15, 0.2) is 0 Å². The molecule has 0 bridgehead atoms. The van der Waals surface area contributed by atoms with Gasteiger partial charge in [-0.05, 0) is 34.9 Å². The molecule has 0 amide bonds. The molecule has 0 aliphatic heterocycles. The molecule has 2 aromatic heterocycles. The summed E-state index contributed by atoms with van der Waals surface area (Å²) in [5, 5.41) is 5.61. The second kappa shape index (κ2) is 5.18. The minimum Gasteiger partial charge on any atom is -0.398 e. The first-order valence-electron chi connectivity index (χ1n) is 4.93. The molecule has 17 heavy (non-hydrogen) atoms. The first-order chi connectivity index (χ1) is 8.08. The Morgan fingerprint density at radius 3 is 2.76 bits per heavy atom. The molecular formula is C10H12N2O2S3. The predicted octanol–water partition coefficient (Wildman–Crippen LogP) is 1.91. The first kappa shape index (κ1) is 12.6. The van der Waals surface area contributed by atoms with Gasteiger partial charge in [0.1, 0.15) is 4.21 Å².